The van der Waals surface area contributed by atoms with Gasteiger partial charge in [0.1, 0.15) is 0 Å². The third-order valence-corrected chi connectivity index (χ3v) is 11.5. The Labute approximate surface area is 268 Å². The molecule has 0 amide bonds. The summed E-state index contributed by atoms with van der Waals surface area (Å²) in [5, 5.41) is 4.24. The molecular formula is C37H36IrN2SSi-2. The number of hydrogen-bond acceptors (Lipinski definition) is 3. The van der Waals surface area contributed by atoms with Crippen molar-refractivity contribution in [2.75, 3.05) is 0 Å². The van der Waals surface area contributed by atoms with E-state index in [1.165, 1.54) is 57.8 Å². The maximum Gasteiger partial charge on any atom is 0.0794 e. The topological polar surface area (TPSA) is 25.8 Å². The summed E-state index contributed by atoms with van der Waals surface area (Å²) >= 11 is 1.90. The van der Waals surface area contributed by atoms with Gasteiger partial charge >= 0.3 is 0 Å². The first-order valence-corrected chi connectivity index (χ1v) is 19.0. The van der Waals surface area contributed by atoms with Gasteiger partial charge in [-0.1, -0.05) is 86.8 Å². The molecule has 1 fully saturated rings. The Balaban J connectivity index is 0.000000169. The second-order valence-corrected chi connectivity index (χ2v) is 18.0. The molecular weight excluding hydrogens is 725 g/mol. The van der Waals surface area contributed by atoms with Crippen LogP contribution >= 0.6 is 11.3 Å². The van der Waals surface area contributed by atoms with Crippen LogP contribution in [-0.4, -0.2) is 18.0 Å². The molecule has 0 spiro atoms. The van der Waals surface area contributed by atoms with Gasteiger partial charge in [0.05, 0.1) is 8.07 Å². The van der Waals surface area contributed by atoms with Crippen LogP contribution in [0.5, 0.6) is 0 Å². The quantitative estimate of drug-likeness (QED) is 0.132. The van der Waals surface area contributed by atoms with Gasteiger partial charge in [-0.05, 0) is 57.1 Å². The first kappa shape index (κ1) is 30.5. The number of hydrogen-bond donors (Lipinski definition) is 0. The molecule has 0 bridgehead atoms. The van der Waals surface area contributed by atoms with E-state index >= 15 is 0 Å². The Morgan fingerprint density at radius 1 is 0.714 bits per heavy atom. The van der Waals surface area contributed by atoms with Crippen molar-refractivity contribution < 1.29 is 20.1 Å². The van der Waals surface area contributed by atoms with Crippen molar-refractivity contribution in [1.82, 2.24) is 9.97 Å². The molecule has 3 heterocycles. The van der Waals surface area contributed by atoms with Crippen molar-refractivity contribution >= 4 is 44.8 Å². The second-order valence-electron chi connectivity index (χ2n) is 11.9. The van der Waals surface area contributed by atoms with Crippen molar-refractivity contribution in [2.45, 2.75) is 57.7 Å². The SMILES string of the molecule is C[Si](C)(C)c1cccc2c1sc1c(-c3ccccn3)[c-]ccc12.[Ir].[c-]1ccccc1-c1ccc(C2CCCCC2)cn1. The third kappa shape index (κ3) is 6.66. The Kier molecular flexibility index (Phi) is 9.85. The minimum absolute atomic E-state index is 0. The number of pyridine rings is 2. The van der Waals surface area contributed by atoms with Crippen LogP contribution in [0.2, 0.25) is 19.6 Å². The van der Waals surface area contributed by atoms with E-state index in [1.807, 2.05) is 53.9 Å². The number of fused-ring (bicyclic) bond motifs is 3. The first-order chi connectivity index (χ1) is 20.0. The Morgan fingerprint density at radius 2 is 1.52 bits per heavy atom. The molecule has 1 aliphatic carbocycles. The maximum atomic E-state index is 4.59. The largest absolute Gasteiger partial charge is 0.305 e. The maximum absolute atomic E-state index is 4.59. The fourth-order valence-electron chi connectivity index (χ4n) is 5.85. The van der Waals surface area contributed by atoms with Gasteiger partial charge in [-0.25, -0.2) is 0 Å². The Bertz CT molecular complexity index is 1740. The average Bonchev–Trinajstić information content (AvgIpc) is 3.41. The van der Waals surface area contributed by atoms with Crippen molar-refractivity contribution in [3.63, 3.8) is 0 Å². The first-order valence-electron chi connectivity index (χ1n) is 14.7. The fourth-order valence-corrected chi connectivity index (χ4v) is 9.56. The molecule has 7 rings (SSSR count). The summed E-state index contributed by atoms with van der Waals surface area (Å²) in [6, 6.07) is 36.1. The van der Waals surface area contributed by atoms with Crippen LogP contribution in [0.4, 0.5) is 0 Å². The molecule has 0 atom stereocenters. The van der Waals surface area contributed by atoms with E-state index in [0.29, 0.717) is 0 Å². The van der Waals surface area contributed by atoms with Crippen molar-refractivity contribution in [3.05, 3.63) is 115 Å². The second kappa shape index (κ2) is 13.6. The molecule has 0 saturated heterocycles. The van der Waals surface area contributed by atoms with E-state index in [9.17, 15) is 0 Å². The molecule has 5 heteroatoms. The van der Waals surface area contributed by atoms with Gasteiger partial charge < -0.3 is 9.97 Å². The van der Waals surface area contributed by atoms with Crippen LogP contribution in [0, 0.1) is 12.1 Å². The van der Waals surface area contributed by atoms with Crippen LogP contribution in [-0.2, 0) is 20.1 Å². The number of nitrogens with zero attached hydrogens (tertiary/aromatic N) is 2. The molecule has 3 aromatic heterocycles. The van der Waals surface area contributed by atoms with Gasteiger partial charge in [0, 0.05) is 37.2 Å². The average molecular weight is 761 g/mol. The molecule has 3 aromatic carbocycles. The summed E-state index contributed by atoms with van der Waals surface area (Å²) < 4.78 is 2.74. The van der Waals surface area contributed by atoms with E-state index in [2.05, 4.69) is 96.5 Å². The van der Waals surface area contributed by atoms with Crippen LogP contribution in [0.15, 0.2) is 97.3 Å². The van der Waals surface area contributed by atoms with Crippen LogP contribution in [0.1, 0.15) is 43.6 Å². The Hall–Kier alpha value is -2.95. The normalized spacial score (nSPS) is 13.8. The molecule has 6 aromatic rings. The third-order valence-electron chi connectivity index (χ3n) is 8.04. The zero-order chi connectivity index (χ0) is 28.2. The van der Waals surface area contributed by atoms with E-state index in [1.54, 1.807) is 5.19 Å². The molecule has 2 nitrogen and oxygen atoms in total. The minimum Gasteiger partial charge on any atom is -0.305 e. The van der Waals surface area contributed by atoms with E-state index in [0.717, 1.165) is 28.4 Å². The molecule has 1 saturated carbocycles. The molecule has 1 radical (unpaired) electrons. The Morgan fingerprint density at radius 3 is 2.21 bits per heavy atom. The van der Waals surface area contributed by atoms with Crippen LogP contribution in [0.25, 0.3) is 42.7 Å². The molecule has 215 valence electrons. The minimum atomic E-state index is -1.37. The summed E-state index contributed by atoms with van der Waals surface area (Å²) in [6.45, 7) is 7.24. The zero-order valence-electron chi connectivity index (χ0n) is 24.5. The summed E-state index contributed by atoms with van der Waals surface area (Å²) in [5.74, 6) is 0.736. The van der Waals surface area contributed by atoms with Crippen molar-refractivity contribution in [1.29, 1.82) is 0 Å². The van der Waals surface area contributed by atoms with Gasteiger partial charge in [0.25, 0.3) is 0 Å². The summed E-state index contributed by atoms with van der Waals surface area (Å²) in [5.41, 5.74) is 5.63. The zero-order valence-corrected chi connectivity index (χ0v) is 28.7. The molecule has 0 aliphatic heterocycles. The fraction of sp³-hybridized carbons (Fsp3) is 0.243. The van der Waals surface area contributed by atoms with E-state index in [4.69, 9.17) is 0 Å². The van der Waals surface area contributed by atoms with Crippen molar-refractivity contribution in [3.8, 4) is 22.5 Å². The number of aromatic nitrogens is 2. The summed E-state index contributed by atoms with van der Waals surface area (Å²) in [7, 11) is -1.37. The van der Waals surface area contributed by atoms with Gasteiger partial charge in [-0.2, -0.15) is 11.3 Å². The summed E-state index contributed by atoms with van der Waals surface area (Å²) in [6.07, 6.45) is 10.7. The monoisotopic (exact) mass is 761 g/mol. The van der Waals surface area contributed by atoms with Crippen LogP contribution in [0.3, 0.4) is 0 Å². The van der Waals surface area contributed by atoms with E-state index in [-0.39, 0.29) is 20.1 Å². The predicted molar refractivity (Wildman–Crippen MR) is 179 cm³/mol. The van der Waals surface area contributed by atoms with Crippen LogP contribution < -0.4 is 5.19 Å². The van der Waals surface area contributed by atoms with Gasteiger partial charge in [-0.3, -0.25) is 0 Å². The molecule has 1 aliphatic rings. The molecule has 0 N–H and O–H groups in total. The smallest absolute Gasteiger partial charge is 0.0794 e. The number of rotatable bonds is 4. The molecule has 42 heavy (non-hydrogen) atoms. The van der Waals surface area contributed by atoms with Crippen molar-refractivity contribution in [2.24, 2.45) is 0 Å². The standard InChI is InChI=1S/C20H18NSSi.C17H18N.Ir/c1-23(2,3)18-12-7-9-15-14-8-6-10-16(19(14)22-20(15)18)17-11-4-5-13-21-17;1-3-7-14(8-4-1)16-11-12-17(18-13-16)15-9-5-2-6-10-15;/h4-9,11-13H,1-3H3;2,5-6,9,11-14H,1,3-4,7-8H2;/q2*-1;. The van der Waals surface area contributed by atoms with E-state index < -0.39 is 8.07 Å². The molecule has 0 unspecified atom stereocenters. The van der Waals surface area contributed by atoms with Gasteiger partial charge in [0.2, 0.25) is 0 Å². The predicted octanol–water partition coefficient (Wildman–Crippen LogP) is 10.1. The number of thiophene rings is 1. The van der Waals surface area contributed by atoms with Gasteiger partial charge in [-0.15, -0.1) is 59.7 Å². The van der Waals surface area contributed by atoms with Gasteiger partial charge in [0.15, 0.2) is 0 Å². The summed E-state index contributed by atoms with van der Waals surface area (Å²) in [4.78, 5) is 9.12. The number of benzene rings is 3.